The Morgan fingerprint density at radius 3 is 2.87 bits per heavy atom. The fraction of sp³-hybridized carbons (Fsp3) is 0.333. The van der Waals surface area contributed by atoms with Crippen molar-refractivity contribution in [3.8, 4) is 0 Å². The number of thiol groups is 1. The summed E-state index contributed by atoms with van der Waals surface area (Å²) in [4.78, 5) is 23.8. The Morgan fingerprint density at radius 2 is 2.33 bits per heavy atom. The number of hydrogen-bond acceptors (Lipinski definition) is 4. The second-order valence-electron chi connectivity index (χ2n) is 3.02. The second kappa shape index (κ2) is 5.27. The Hall–Kier alpha value is -0.880. The zero-order chi connectivity index (χ0) is 11.4. The van der Waals surface area contributed by atoms with Gasteiger partial charge in [0.15, 0.2) is 0 Å². The van der Waals surface area contributed by atoms with E-state index in [2.05, 4.69) is 12.6 Å². The van der Waals surface area contributed by atoms with Crippen molar-refractivity contribution < 1.29 is 14.7 Å². The van der Waals surface area contributed by atoms with Gasteiger partial charge in [0.1, 0.15) is 5.70 Å². The molecule has 0 aromatic rings. The third-order valence-corrected chi connectivity index (χ3v) is 3.07. The van der Waals surface area contributed by atoms with Gasteiger partial charge in [0.2, 0.25) is 5.91 Å². The highest BCUT2D eigenvalue weighted by atomic mass is 32.2. The van der Waals surface area contributed by atoms with Crippen LogP contribution in [0.15, 0.2) is 22.7 Å². The molecule has 0 saturated carbocycles. The van der Waals surface area contributed by atoms with Gasteiger partial charge in [0.05, 0.1) is 0 Å². The summed E-state index contributed by atoms with van der Waals surface area (Å²) in [5.74, 6) is -1.27. The third-order valence-electron chi connectivity index (χ3n) is 1.88. The van der Waals surface area contributed by atoms with Crippen LogP contribution in [0.1, 0.15) is 6.92 Å². The average Bonchev–Trinajstić information content (AvgIpc) is 2.27. The maximum absolute atomic E-state index is 11.8. The number of amides is 1. The SMILES string of the molecule is CC(CS)C(=O)N1C=CSC=C1C(=O)O. The number of carbonyl (C=O) groups excluding carboxylic acids is 1. The molecule has 1 N–H and O–H groups in total. The molecule has 1 amide bonds. The topological polar surface area (TPSA) is 57.6 Å². The Balaban J connectivity index is 2.87. The summed E-state index contributed by atoms with van der Waals surface area (Å²) >= 11 is 5.25. The number of thioether (sulfide) groups is 1. The van der Waals surface area contributed by atoms with Crippen molar-refractivity contribution in [3.05, 3.63) is 22.7 Å². The predicted molar refractivity (Wildman–Crippen MR) is 62.3 cm³/mol. The molecule has 1 atom stereocenters. The lowest BCUT2D eigenvalue weighted by atomic mass is 10.2. The monoisotopic (exact) mass is 245 g/mol. The number of rotatable bonds is 3. The van der Waals surface area contributed by atoms with E-state index in [1.807, 2.05) is 0 Å². The maximum atomic E-state index is 11.8. The summed E-state index contributed by atoms with van der Waals surface area (Å²) in [6, 6.07) is 0. The molecule has 15 heavy (non-hydrogen) atoms. The fourth-order valence-corrected chi connectivity index (χ4v) is 1.77. The molecule has 1 aliphatic heterocycles. The Bertz CT molecular complexity index is 338. The summed E-state index contributed by atoms with van der Waals surface area (Å²) in [5.41, 5.74) is -0.0128. The summed E-state index contributed by atoms with van der Waals surface area (Å²) < 4.78 is 0. The molecule has 0 spiro atoms. The number of carboxylic acid groups (broad SMARTS) is 1. The van der Waals surface area contributed by atoms with E-state index in [0.29, 0.717) is 5.75 Å². The number of nitrogens with zero attached hydrogens (tertiary/aromatic N) is 1. The molecule has 1 rings (SSSR count). The van der Waals surface area contributed by atoms with Crippen LogP contribution in [-0.4, -0.2) is 27.6 Å². The van der Waals surface area contributed by atoms with Gasteiger partial charge >= 0.3 is 5.97 Å². The van der Waals surface area contributed by atoms with E-state index < -0.39 is 5.97 Å². The first-order valence-electron chi connectivity index (χ1n) is 4.27. The van der Waals surface area contributed by atoms with Crippen LogP contribution in [-0.2, 0) is 9.59 Å². The van der Waals surface area contributed by atoms with Gasteiger partial charge in [0.25, 0.3) is 0 Å². The molecule has 4 nitrogen and oxygen atoms in total. The number of aliphatic carboxylic acids is 1. The van der Waals surface area contributed by atoms with Gasteiger partial charge in [-0.05, 0) is 5.41 Å². The molecular formula is C9H11NO3S2. The van der Waals surface area contributed by atoms with Crippen molar-refractivity contribution in [3.63, 3.8) is 0 Å². The van der Waals surface area contributed by atoms with E-state index in [0.717, 1.165) is 4.90 Å². The molecule has 0 radical (unpaired) electrons. The third kappa shape index (κ3) is 2.79. The minimum absolute atomic E-state index is 0.0128. The lowest BCUT2D eigenvalue weighted by Crippen LogP contribution is -2.34. The molecule has 0 bridgehead atoms. The van der Waals surface area contributed by atoms with E-state index in [1.165, 1.54) is 23.4 Å². The van der Waals surface area contributed by atoms with Crippen molar-refractivity contribution in [2.45, 2.75) is 6.92 Å². The summed E-state index contributed by atoms with van der Waals surface area (Å²) in [6.45, 7) is 1.71. The van der Waals surface area contributed by atoms with Crippen LogP contribution in [0.3, 0.4) is 0 Å². The van der Waals surface area contributed by atoms with Crippen LogP contribution in [0.2, 0.25) is 0 Å². The van der Waals surface area contributed by atoms with Gasteiger partial charge in [-0.2, -0.15) is 12.6 Å². The van der Waals surface area contributed by atoms with E-state index in [-0.39, 0.29) is 17.5 Å². The molecule has 0 fully saturated rings. The van der Waals surface area contributed by atoms with Crippen LogP contribution in [0, 0.1) is 5.92 Å². The van der Waals surface area contributed by atoms with Crippen LogP contribution in [0.5, 0.6) is 0 Å². The molecule has 6 heteroatoms. The lowest BCUT2D eigenvalue weighted by molar-refractivity contribution is -0.139. The van der Waals surface area contributed by atoms with Crippen molar-refractivity contribution in [1.29, 1.82) is 0 Å². The number of carboxylic acids is 1. The minimum atomic E-state index is -1.11. The fourth-order valence-electron chi connectivity index (χ4n) is 0.998. The number of hydrogen-bond donors (Lipinski definition) is 2. The smallest absolute Gasteiger partial charge is 0.353 e. The van der Waals surface area contributed by atoms with Gasteiger partial charge in [0, 0.05) is 23.3 Å². The Morgan fingerprint density at radius 1 is 1.67 bits per heavy atom. The zero-order valence-electron chi connectivity index (χ0n) is 8.08. The predicted octanol–water partition coefficient (Wildman–Crippen LogP) is 1.52. The van der Waals surface area contributed by atoms with Crippen LogP contribution >= 0.6 is 24.4 Å². The van der Waals surface area contributed by atoms with Crippen LogP contribution in [0.4, 0.5) is 0 Å². The summed E-state index contributed by atoms with van der Waals surface area (Å²) in [6.07, 6.45) is 1.47. The van der Waals surface area contributed by atoms with Crippen LogP contribution in [0.25, 0.3) is 0 Å². The minimum Gasteiger partial charge on any atom is -0.477 e. The maximum Gasteiger partial charge on any atom is 0.353 e. The zero-order valence-corrected chi connectivity index (χ0v) is 9.79. The molecule has 0 aromatic carbocycles. The van der Waals surface area contributed by atoms with Gasteiger partial charge in [-0.1, -0.05) is 6.92 Å². The van der Waals surface area contributed by atoms with E-state index >= 15 is 0 Å². The Kier molecular flexibility index (Phi) is 4.28. The average molecular weight is 245 g/mol. The first kappa shape index (κ1) is 12.2. The highest BCUT2D eigenvalue weighted by Crippen LogP contribution is 2.22. The standard InChI is InChI=1S/C9H11NO3S2/c1-6(4-14)8(11)10-2-3-15-5-7(10)9(12)13/h2-3,5-6,14H,4H2,1H3,(H,12,13). The van der Waals surface area contributed by atoms with Gasteiger partial charge in [-0.3, -0.25) is 9.69 Å². The molecule has 0 saturated heterocycles. The van der Waals surface area contributed by atoms with Crippen molar-refractivity contribution >= 4 is 36.3 Å². The summed E-state index contributed by atoms with van der Waals surface area (Å²) in [7, 11) is 0. The van der Waals surface area contributed by atoms with Crippen molar-refractivity contribution in [1.82, 2.24) is 4.90 Å². The van der Waals surface area contributed by atoms with Crippen molar-refractivity contribution in [2.24, 2.45) is 5.92 Å². The summed E-state index contributed by atoms with van der Waals surface area (Å²) in [5, 5.41) is 12.0. The van der Waals surface area contributed by atoms with E-state index in [9.17, 15) is 9.59 Å². The van der Waals surface area contributed by atoms with E-state index in [4.69, 9.17) is 5.11 Å². The first-order chi connectivity index (χ1) is 7.07. The van der Waals surface area contributed by atoms with Crippen LogP contribution < -0.4 is 0 Å². The lowest BCUT2D eigenvalue weighted by Gasteiger charge is -2.23. The normalized spacial score (nSPS) is 17.2. The Labute approximate surface area is 97.4 Å². The second-order valence-corrected chi connectivity index (χ2v) is 4.17. The first-order valence-corrected chi connectivity index (χ1v) is 5.85. The highest BCUT2D eigenvalue weighted by Gasteiger charge is 2.26. The molecular weight excluding hydrogens is 234 g/mol. The largest absolute Gasteiger partial charge is 0.477 e. The molecule has 0 aliphatic carbocycles. The molecule has 1 unspecified atom stereocenters. The van der Waals surface area contributed by atoms with E-state index in [1.54, 1.807) is 12.3 Å². The molecule has 0 aromatic heterocycles. The highest BCUT2D eigenvalue weighted by molar-refractivity contribution is 8.05. The number of carbonyl (C=O) groups is 2. The molecule has 1 heterocycles. The van der Waals surface area contributed by atoms with Gasteiger partial charge in [-0.15, -0.1) is 11.8 Å². The quantitative estimate of drug-likeness (QED) is 0.740. The molecule has 1 aliphatic rings. The van der Waals surface area contributed by atoms with Gasteiger partial charge in [-0.25, -0.2) is 4.79 Å². The van der Waals surface area contributed by atoms with Gasteiger partial charge < -0.3 is 5.11 Å². The van der Waals surface area contributed by atoms with Crippen molar-refractivity contribution in [2.75, 3.05) is 5.75 Å². The molecule has 82 valence electrons.